The molecule has 2 aliphatic heterocycles. The fraction of sp³-hybridized carbons (Fsp3) is 0.176. The van der Waals surface area contributed by atoms with Crippen LogP contribution in [0.1, 0.15) is 16.8 Å². The first kappa shape index (κ1) is 17.0. The van der Waals surface area contributed by atoms with Gasteiger partial charge in [-0.3, -0.25) is 9.59 Å². The molecule has 0 aromatic heterocycles. The summed E-state index contributed by atoms with van der Waals surface area (Å²) in [5.74, 6) is -0.990. The van der Waals surface area contributed by atoms with Gasteiger partial charge in [-0.1, -0.05) is 11.6 Å². The predicted octanol–water partition coefficient (Wildman–Crippen LogP) is 2.27. The van der Waals surface area contributed by atoms with E-state index < -0.39 is 27.9 Å². The summed E-state index contributed by atoms with van der Waals surface area (Å²) in [7, 11) is -3.85. The Morgan fingerprint density at radius 2 is 1.85 bits per heavy atom. The molecule has 0 radical (unpaired) electrons. The molecule has 2 aromatic rings. The van der Waals surface area contributed by atoms with Crippen molar-refractivity contribution in [2.24, 2.45) is 0 Å². The van der Waals surface area contributed by atoms with E-state index in [-0.39, 0.29) is 10.5 Å². The molecule has 1 unspecified atom stereocenters. The molecule has 2 aromatic carbocycles. The third-order valence-electron chi connectivity index (χ3n) is 4.30. The summed E-state index contributed by atoms with van der Waals surface area (Å²) in [6.45, 7) is 0.308. The molecule has 2 aliphatic rings. The first-order valence-electron chi connectivity index (χ1n) is 7.80. The van der Waals surface area contributed by atoms with Gasteiger partial charge in [0, 0.05) is 18.0 Å². The van der Waals surface area contributed by atoms with Crippen LogP contribution in [-0.4, -0.2) is 37.2 Å². The maximum absolute atomic E-state index is 12.9. The number of nitrogens with zero attached hydrogens (tertiary/aromatic N) is 1. The molecule has 2 heterocycles. The predicted molar refractivity (Wildman–Crippen MR) is 93.8 cm³/mol. The maximum Gasteiger partial charge on any atom is 0.296 e. The van der Waals surface area contributed by atoms with Crippen LogP contribution in [0.25, 0.3) is 0 Å². The quantitative estimate of drug-likeness (QED) is 0.806. The van der Waals surface area contributed by atoms with Gasteiger partial charge < -0.3 is 10.1 Å². The van der Waals surface area contributed by atoms with E-state index in [1.54, 1.807) is 24.3 Å². The van der Waals surface area contributed by atoms with Gasteiger partial charge in [-0.25, -0.2) is 8.42 Å². The summed E-state index contributed by atoms with van der Waals surface area (Å²) < 4.78 is 32.7. The lowest BCUT2D eigenvalue weighted by molar-refractivity contribution is -0.112. The first-order chi connectivity index (χ1) is 12.4. The third kappa shape index (κ3) is 2.76. The van der Waals surface area contributed by atoms with Crippen molar-refractivity contribution in [1.29, 1.82) is 0 Å². The van der Waals surface area contributed by atoms with Crippen LogP contribution in [0, 0.1) is 0 Å². The number of amides is 1. The molecule has 1 saturated heterocycles. The number of carbonyl (C=O) groups excluding carboxylic acids is 2. The van der Waals surface area contributed by atoms with Crippen molar-refractivity contribution in [3.05, 3.63) is 53.1 Å². The van der Waals surface area contributed by atoms with E-state index in [2.05, 4.69) is 5.32 Å². The average Bonchev–Trinajstić information content (AvgIpc) is 2.87. The van der Waals surface area contributed by atoms with Crippen molar-refractivity contribution in [2.75, 3.05) is 11.9 Å². The molecule has 7 nitrogen and oxygen atoms in total. The van der Waals surface area contributed by atoms with Gasteiger partial charge in [-0.05, 0) is 42.5 Å². The highest BCUT2D eigenvalue weighted by atomic mass is 35.5. The number of rotatable bonds is 4. The normalized spacial score (nSPS) is 19.7. The van der Waals surface area contributed by atoms with Crippen molar-refractivity contribution in [3.8, 4) is 5.75 Å². The topological polar surface area (TPSA) is 92.8 Å². The van der Waals surface area contributed by atoms with Crippen molar-refractivity contribution >= 4 is 39.0 Å². The van der Waals surface area contributed by atoms with Gasteiger partial charge in [-0.2, -0.15) is 4.31 Å². The molecule has 134 valence electrons. The third-order valence-corrected chi connectivity index (χ3v) is 6.44. The lowest BCUT2D eigenvalue weighted by Crippen LogP contribution is -2.53. The average molecular weight is 393 g/mol. The molecule has 1 fully saturated rings. The number of nitrogens with one attached hydrogen (secondary N) is 1. The van der Waals surface area contributed by atoms with Gasteiger partial charge >= 0.3 is 0 Å². The Kier molecular flexibility index (Phi) is 3.98. The van der Waals surface area contributed by atoms with E-state index in [1.807, 2.05) is 0 Å². The fourth-order valence-corrected chi connectivity index (χ4v) is 4.53. The second-order valence-corrected chi connectivity index (χ2v) is 8.25. The molecule has 1 N–H and O–H groups in total. The van der Waals surface area contributed by atoms with Gasteiger partial charge in [0.05, 0.1) is 16.1 Å². The standard InChI is InChI=1S/C17H13ClN2O5S/c18-10-1-3-11(4-2-10)25-15-7-8-20(15)26(23,24)12-5-6-14-13(9-12)16(21)17(22)19-14/h1-6,9,15H,7-8H2,(H,19,21,22). The SMILES string of the molecule is O=C1Nc2ccc(S(=O)(=O)N3CCC3Oc3ccc(Cl)cc3)cc2C1=O. The van der Waals surface area contributed by atoms with Crippen molar-refractivity contribution < 1.29 is 22.7 Å². The van der Waals surface area contributed by atoms with E-state index in [1.165, 1.54) is 22.5 Å². The minimum absolute atomic E-state index is 0.0505. The number of anilines is 1. The monoisotopic (exact) mass is 392 g/mol. The van der Waals surface area contributed by atoms with Gasteiger partial charge in [0.2, 0.25) is 10.0 Å². The van der Waals surface area contributed by atoms with Crippen LogP contribution in [0.5, 0.6) is 5.75 Å². The number of ether oxygens (including phenoxy) is 1. The Labute approximate surface area is 154 Å². The zero-order chi connectivity index (χ0) is 18.5. The molecule has 0 bridgehead atoms. The van der Waals surface area contributed by atoms with Gasteiger partial charge in [-0.15, -0.1) is 0 Å². The second kappa shape index (κ2) is 6.08. The molecule has 26 heavy (non-hydrogen) atoms. The lowest BCUT2D eigenvalue weighted by Gasteiger charge is -2.39. The zero-order valence-corrected chi connectivity index (χ0v) is 14.9. The highest BCUT2D eigenvalue weighted by Gasteiger charge is 2.41. The first-order valence-corrected chi connectivity index (χ1v) is 9.62. The fourth-order valence-electron chi connectivity index (χ4n) is 2.82. The number of hydrogen-bond donors (Lipinski definition) is 1. The highest BCUT2D eigenvalue weighted by molar-refractivity contribution is 7.89. The van der Waals surface area contributed by atoms with Crippen LogP contribution >= 0.6 is 11.6 Å². The number of benzene rings is 2. The molecule has 0 saturated carbocycles. The summed E-state index contributed by atoms with van der Waals surface area (Å²) in [5, 5.41) is 2.95. The summed E-state index contributed by atoms with van der Waals surface area (Å²) >= 11 is 5.83. The van der Waals surface area contributed by atoms with E-state index in [9.17, 15) is 18.0 Å². The Balaban J connectivity index is 1.58. The number of hydrogen-bond acceptors (Lipinski definition) is 5. The van der Waals surface area contributed by atoms with E-state index in [4.69, 9.17) is 16.3 Å². The van der Waals surface area contributed by atoms with Gasteiger partial charge in [0.25, 0.3) is 11.7 Å². The van der Waals surface area contributed by atoms with Crippen molar-refractivity contribution in [3.63, 3.8) is 0 Å². The van der Waals surface area contributed by atoms with E-state index in [0.29, 0.717) is 29.4 Å². The molecule has 1 amide bonds. The zero-order valence-electron chi connectivity index (χ0n) is 13.3. The summed E-state index contributed by atoms with van der Waals surface area (Å²) in [4.78, 5) is 23.2. The number of fused-ring (bicyclic) bond motifs is 1. The number of sulfonamides is 1. The highest BCUT2D eigenvalue weighted by Crippen LogP contribution is 2.32. The summed E-state index contributed by atoms with van der Waals surface area (Å²) in [6, 6.07) is 10.6. The molecule has 4 rings (SSSR count). The smallest absolute Gasteiger partial charge is 0.296 e. The largest absolute Gasteiger partial charge is 0.474 e. The van der Waals surface area contributed by atoms with E-state index in [0.717, 1.165) is 0 Å². The van der Waals surface area contributed by atoms with Crippen LogP contribution in [0.4, 0.5) is 5.69 Å². The summed E-state index contributed by atoms with van der Waals surface area (Å²) in [5.41, 5.74) is 0.378. The van der Waals surface area contributed by atoms with Crippen LogP contribution in [0.3, 0.4) is 0 Å². The Morgan fingerprint density at radius 1 is 1.12 bits per heavy atom. The molecule has 1 atom stereocenters. The number of carbonyl (C=O) groups is 2. The lowest BCUT2D eigenvalue weighted by atomic mass is 10.1. The number of halogens is 1. The molecule has 0 spiro atoms. The van der Waals surface area contributed by atoms with Crippen LogP contribution < -0.4 is 10.1 Å². The van der Waals surface area contributed by atoms with Crippen molar-refractivity contribution in [1.82, 2.24) is 4.31 Å². The Morgan fingerprint density at radius 3 is 2.50 bits per heavy atom. The summed E-state index contributed by atoms with van der Waals surface area (Å²) in [6.07, 6.45) is -0.0870. The number of ketones is 1. The van der Waals surface area contributed by atoms with E-state index >= 15 is 0 Å². The molecule has 9 heteroatoms. The molecular weight excluding hydrogens is 380 g/mol. The minimum atomic E-state index is -3.85. The van der Waals surface area contributed by atoms with Crippen LogP contribution in [0.2, 0.25) is 5.02 Å². The van der Waals surface area contributed by atoms with Gasteiger partial charge in [0.15, 0.2) is 6.23 Å². The Bertz CT molecular complexity index is 1020. The van der Waals surface area contributed by atoms with Gasteiger partial charge in [0.1, 0.15) is 5.75 Å². The molecular formula is C17H13ClN2O5S. The van der Waals surface area contributed by atoms with Crippen LogP contribution in [-0.2, 0) is 14.8 Å². The van der Waals surface area contributed by atoms with Crippen LogP contribution in [0.15, 0.2) is 47.4 Å². The number of Topliss-reactive ketones (excluding diaryl/α,β-unsaturated/α-hetero) is 1. The molecule has 0 aliphatic carbocycles. The minimum Gasteiger partial charge on any atom is -0.474 e. The second-order valence-electron chi connectivity index (χ2n) is 5.92. The maximum atomic E-state index is 12.9. The van der Waals surface area contributed by atoms with Crippen molar-refractivity contribution in [2.45, 2.75) is 17.5 Å². The Hall–Kier alpha value is -2.42.